The molecule has 0 aliphatic heterocycles. The highest BCUT2D eigenvalue weighted by atomic mass is 19.4. The molecule has 1 aliphatic carbocycles. The second kappa shape index (κ2) is 12.2. The lowest BCUT2D eigenvalue weighted by atomic mass is 9.87. The molecule has 1 saturated carbocycles. The predicted octanol–water partition coefficient (Wildman–Crippen LogP) is 5.15. The smallest absolute Gasteiger partial charge is 0.475 e. The molecule has 0 aromatic heterocycles. The van der Waals surface area contributed by atoms with E-state index in [2.05, 4.69) is 29.6 Å². The van der Waals surface area contributed by atoms with Crippen LogP contribution < -0.4 is 11.1 Å². The summed E-state index contributed by atoms with van der Waals surface area (Å²) in [5.41, 5.74) is 9.32. The first kappa shape index (κ1) is 25.4. The van der Waals surface area contributed by atoms with Gasteiger partial charge in [0.15, 0.2) is 0 Å². The van der Waals surface area contributed by atoms with Gasteiger partial charge >= 0.3 is 12.1 Å². The van der Waals surface area contributed by atoms with Crippen molar-refractivity contribution in [2.45, 2.75) is 51.2 Å². The Hall–Kier alpha value is -2.87. The van der Waals surface area contributed by atoms with E-state index >= 15 is 0 Å². The summed E-state index contributed by atoms with van der Waals surface area (Å²) >= 11 is 0. The van der Waals surface area contributed by atoms with Crippen molar-refractivity contribution in [3.63, 3.8) is 0 Å². The number of carbonyl (C=O) groups excluding carboxylic acids is 1. The number of primary amides is 1. The normalized spacial score (nSPS) is 14.3. The number of hydrogen-bond acceptors (Lipinski definition) is 3. The molecule has 0 atom stereocenters. The lowest BCUT2D eigenvalue weighted by Crippen LogP contribution is -2.21. The first-order valence-electron chi connectivity index (χ1n) is 10.7. The number of carboxylic acid groups (broad SMARTS) is 1. The monoisotopic (exact) mass is 450 g/mol. The third kappa shape index (κ3) is 8.70. The molecule has 1 aliphatic rings. The zero-order valence-corrected chi connectivity index (χ0v) is 17.8. The van der Waals surface area contributed by atoms with Gasteiger partial charge in [0.25, 0.3) is 0 Å². The second-order valence-electron chi connectivity index (χ2n) is 7.91. The van der Waals surface area contributed by atoms with Crippen LogP contribution in [0.25, 0.3) is 11.1 Å². The molecule has 1 fully saturated rings. The summed E-state index contributed by atoms with van der Waals surface area (Å²) < 4.78 is 31.7. The maximum absolute atomic E-state index is 11.3. The molecule has 2 aromatic rings. The Morgan fingerprint density at radius 2 is 1.62 bits per heavy atom. The van der Waals surface area contributed by atoms with Crippen molar-refractivity contribution in [3.8, 4) is 11.1 Å². The number of hydrogen-bond donors (Lipinski definition) is 3. The van der Waals surface area contributed by atoms with Crippen LogP contribution in [-0.4, -0.2) is 29.7 Å². The minimum Gasteiger partial charge on any atom is -0.475 e. The van der Waals surface area contributed by atoms with E-state index in [1.807, 2.05) is 18.2 Å². The molecule has 8 heteroatoms. The molecule has 0 radical (unpaired) electrons. The Bertz CT molecular complexity index is 877. The molecule has 1 amide bonds. The summed E-state index contributed by atoms with van der Waals surface area (Å²) in [6.45, 7) is 2.02. The highest BCUT2D eigenvalue weighted by Gasteiger charge is 2.38. The average Bonchev–Trinajstić information content (AvgIpc) is 2.78. The molecule has 4 N–H and O–H groups in total. The van der Waals surface area contributed by atoms with Crippen LogP contribution in [0, 0.1) is 5.92 Å². The number of carboxylic acids is 1. The highest BCUT2D eigenvalue weighted by molar-refractivity contribution is 5.94. The predicted molar refractivity (Wildman–Crippen MR) is 117 cm³/mol. The molecule has 0 spiro atoms. The molecular formula is C24H29F3N2O3. The lowest BCUT2D eigenvalue weighted by molar-refractivity contribution is -0.192. The van der Waals surface area contributed by atoms with Crippen LogP contribution in [0.3, 0.4) is 0 Å². The first-order chi connectivity index (χ1) is 15.2. The van der Waals surface area contributed by atoms with Gasteiger partial charge in [-0.1, -0.05) is 68.5 Å². The largest absolute Gasteiger partial charge is 0.490 e. The zero-order chi connectivity index (χ0) is 23.6. The van der Waals surface area contributed by atoms with E-state index in [1.165, 1.54) is 44.1 Å². The fourth-order valence-electron chi connectivity index (χ4n) is 3.68. The standard InChI is InChI=1S/C22H28N2O.C2HF3O2/c23-22(25)21-8-4-7-20(15-21)19-11-9-18(10-12-19)16-24-14-13-17-5-2-1-3-6-17;3-2(4,5)1(6)7/h4,7-12,15,17,24H,1-3,5-6,13-14,16H2,(H2,23,25);(H,6,7). The molecule has 0 unspecified atom stereocenters. The number of alkyl halides is 3. The Balaban J connectivity index is 0.000000451. The Labute approximate surface area is 185 Å². The van der Waals surface area contributed by atoms with Crippen molar-refractivity contribution in [2.75, 3.05) is 6.54 Å². The molecule has 3 rings (SSSR count). The fraction of sp³-hybridized carbons (Fsp3) is 0.417. The van der Waals surface area contributed by atoms with Crippen molar-refractivity contribution in [3.05, 3.63) is 59.7 Å². The van der Waals surface area contributed by atoms with E-state index in [4.69, 9.17) is 15.6 Å². The lowest BCUT2D eigenvalue weighted by Gasteiger charge is -2.21. The average molecular weight is 451 g/mol. The second-order valence-corrected chi connectivity index (χ2v) is 7.91. The van der Waals surface area contributed by atoms with Crippen LogP contribution in [0.5, 0.6) is 0 Å². The molecule has 5 nitrogen and oxygen atoms in total. The molecule has 0 saturated heterocycles. The SMILES string of the molecule is NC(=O)c1cccc(-c2ccc(CNCCC3CCCCC3)cc2)c1.O=C(O)C(F)(F)F. The number of halogens is 3. The van der Waals surface area contributed by atoms with Crippen LogP contribution in [-0.2, 0) is 11.3 Å². The number of nitrogens with one attached hydrogen (secondary N) is 1. The van der Waals surface area contributed by atoms with E-state index in [-0.39, 0.29) is 5.91 Å². The third-order valence-electron chi connectivity index (χ3n) is 5.46. The highest BCUT2D eigenvalue weighted by Crippen LogP contribution is 2.26. The van der Waals surface area contributed by atoms with Crippen LogP contribution in [0.2, 0.25) is 0 Å². The van der Waals surface area contributed by atoms with Gasteiger partial charge in [-0.2, -0.15) is 13.2 Å². The molecular weight excluding hydrogens is 421 g/mol. The fourth-order valence-corrected chi connectivity index (χ4v) is 3.68. The van der Waals surface area contributed by atoms with Gasteiger partial charge in [-0.05, 0) is 47.7 Å². The van der Waals surface area contributed by atoms with Gasteiger partial charge in [-0.15, -0.1) is 0 Å². The van der Waals surface area contributed by atoms with Gasteiger partial charge in [0.2, 0.25) is 5.91 Å². The molecule has 174 valence electrons. The third-order valence-corrected chi connectivity index (χ3v) is 5.46. The van der Waals surface area contributed by atoms with Crippen LogP contribution in [0.1, 0.15) is 54.4 Å². The van der Waals surface area contributed by atoms with E-state index < -0.39 is 12.1 Å². The van der Waals surface area contributed by atoms with Crippen molar-refractivity contribution < 1.29 is 27.9 Å². The van der Waals surface area contributed by atoms with Crippen LogP contribution >= 0.6 is 0 Å². The van der Waals surface area contributed by atoms with E-state index in [1.54, 1.807) is 6.07 Å². The number of amides is 1. The van der Waals surface area contributed by atoms with E-state index in [0.717, 1.165) is 30.1 Å². The summed E-state index contributed by atoms with van der Waals surface area (Å²) in [4.78, 5) is 20.2. The van der Waals surface area contributed by atoms with Crippen LogP contribution in [0.15, 0.2) is 48.5 Å². The molecule has 32 heavy (non-hydrogen) atoms. The van der Waals surface area contributed by atoms with Crippen molar-refractivity contribution in [1.82, 2.24) is 5.32 Å². The minimum absolute atomic E-state index is 0.388. The molecule has 2 aromatic carbocycles. The van der Waals surface area contributed by atoms with Gasteiger partial charge < -0.3 is 16.2 Å². The number of carbonyl (C=O) groups is 2. The van der Waals surface area contributed by atoms with Crippen molar-refractivity contribution in [2.24, 2.45) is 11.7 Å². The van der Waals surface area contributed by atoms with Crippen molar-refractivity contribution in [1.29, 1.82) is 0 Å². The van der Waals surface area contributed by atoms with Gasteiger partial charge in [0.1, 0.15) is 0 Å². The first-order valence-corrected chi connectivity index (χ1v) is 10.7. The maximum Gasteiger partial charge on any atom is 0.490 e. The minimum atomic E-state index is -5.08. The number of nitrogens with two attached hydrogens (primary N) is 1. The summed E-state index contributed by atoms with van der Waals surface area (Å²) in [7, 11) is 0. The summed E-state index contributed by atoms with van der Waals surface area (Å²) in [6.07, 6.45) is 3.32. The van der Waals surface area contributed by atoms with E-state index in [9.17, 15) is 18.0 Å². The maximum atomic E-state index is 11.3. The van der Waals surface area contributed by atoms with Gasteiger partial charge in [0, 0.05) is 12.1 Å². The van der Waals surface area contributed by atoms with Crippen LogP contribution in [0.4, 0.5) is 13.2 Å². The quantitative estimate of drug-likeness (QED) is 0.509. The number of rotatable bonds is 7. The van der Waals surface area contributed by atoms with Gasteiger partial charge in [-0.3, -0.25) is 4.79 Å². The summed E-state index contributed by atoms with van der Waals surface area (Å²) in [5, 5.41) is 10.7. The topological polar surface area (TPSA) is 92.4 Å². The Kier molecular flexibility index (Phi) is 9.71. The Morgan fingerprint density at radius 1 is 1.00 bits per heavy atom. The Morgan fingerprint density at radius 3 is 2.19 bits per heavy atom. The van der Waals surface area contributed by atoms with Gasteiger partial charge in [0.05, 0.1) is 0 Å². The number of benzene rings is 2. The summed E-state index contributed by atoms with van der Waals surface area (Å²) in [6, 6.07) is 16.0. The van der Waals surface area contributed by atoms with E-state index in [0.29, 0.717) is 5.56 Å². The molecule has 0 bridgehead atoms. The number of aliphatic carboxylic acids is 1. The zero-order valence-electron chi connectivity index (χ0n) is 17.8. The summed E-state index contributed by atoms with van der Waals surface area (Å²) in [5.74, 6) is -2.21. The molecule has 0 heterocycles. The van der Waals surface area contributed by atoms with Crippen molar-refractivity contribution >= 4 is 11.9 Å². The van der Waals surface area contributed by atoms with Gasteiger partial charge in [-0.25, -0.2) is 4.79 Å².